The van der Waals surface area contributed by atoms with E-state index < -0.39 is 94.4 Å². The van der Waals surface area contributed by atoms with E-state index in [1.54, 1.807) is 96.1 Å². The normalized spacial score (nSPS) is 16.6. The number of nitrogens with zero attached hydrogens (tertiary/aromatic N) is 1. The van der Waals surface area contributed by atoms with E-state index in [0.717, 1.165) is 11.1 Å². The molecule has 1 N–H and O–H groups in total. The molecule has 0 saturated heterocycles. The summed E-state index contributed by atoms with van der Waals surface area (Å²) in [4.78, 5) is 0. The number of halogens is 10. The van der Waals surface area contributed by atoms with Crippen LogP contribution in [-0.4, -0.2) is 15.9 Å². The predicted octanol–water partition coefficient (Wildman–Crippen LogP) is 9.00. The maximum atomic E-state index is 16.4. The molecule has 52 heavy (non-hydrogen) atoms. The fourth-order valence-corrected chi connectivity index (χ4v) is 14.9. The van der Waals surface area contributed by atoms with Crippen molar-refractivity contribution < 1.29 is 53.5 Å². The van der Waals surface area contributed by atoms with Gasteiger partial charge < -0.3 is 0 Å². The van der Waals surface area contributed by atoms with Crippen LogP contribution in [0.15, 0.2) is 54.6 Å². The number of aryl methyl sites for hydroxylation is 6. The van der Waals surface area contributed by atoms with Gasteiger partial charge in [-0.05, 0) is 69.4 Å². The van der Waals surface area contributed by atoms with Crippen molar-refractivity contribution in [2.75, 3.05) is 0 Å². The Kier molecular flexibility index (Phi) is 9.32. The second kappa shape index (κ2) is 13.0. The van der Waals surface area contributed by atoms with Gasteiger partial charge in [0.2, 0.25) is 0 Å². The Morgan fingerprint density at radius 1 is 0.519 bits per heavy atom. The standard InChI is InChI=1S/C38H31BF10NOP/c1-17-12-19(3)37(20(4)13-17)52(38-21(5)14-18(2)15-22(38)6)24(23-10-8-7-9-11-23)16-39(50(52)51,25-27(40)31(44)35(48)32(45)28(25)41)26-29(42)33(46)36(49)34(47)30(26)43/h7-15,24,51H,16H2,1-6H3/t24-/m1/s1. The van der Waals surface area contributed by atoms with Crippen LogP contribution in [0, 0.1) is 99.7 Å². The van der Waals surface area contributed by atoms with E-state index in [1.165, 1.54) is 0 Å². The van der Waals surface area contributed by atoms with Crippen LogP contribution >= 0.6 is 7.05 Å². The van der Waals surface area contributed by atoms with Crippen LogP contribution in [0.2, 0.25) is 6.32 Å². The van der Waals surface area contributed by atoms with Gasteiger partial charge in [-0.15, -0.1) is 0 Å². The van der Waals surface area contributed by atoms with Crippen molar-refractivity contribution in [2.45, 2.75) is 53.5 Å². The third-order valence-corrected chi connectivity index (χ3v) is 15.5. The summed E-state index contributed by atoms with van der Waals surface area (Å²) in [5.41, 5.74) is -1.45. The molecule has 1 heterocycles. The van der Waals surface area contributed by atoms with E-state index in [-0.39, 0.29) is 4.40 Å². The Bertz CT molecular complexity index is 2160. The first-order valence-electron chi connectivity index (χ1n) is 16.2. The van der Waals surface area contributed by atoms with Crippen molar-refractivity contribution in [1.82, 2.24) is 0 Å². The molecular weight excluding hydrogens is 718 g/mol. The monoisotopic (exact) mass is 749 g/mol. The van der Waals surface area contributed by atoms with Gasteiger partial charge in [0, 0.05) is 16.3 Å². The molecule has 5 aromatic carbocycles. The molecule has 1 atom stereocenters. The van der Waals surface area contributed by atoms with Gasteiger partial charge in [-0.3, -0.25) is 4.40 Å². The molecule has 1 aliphatic heterocycles. The van der Waals surface area contributed by atoms with Gasteiger partial charge in [0.15, 0.2) is 34.9 Å². The molecule has 0 bridgehead atoms. The summed E-state index contributed by atoms with van der Waals surface area (Å²) in [5.74, 6) is -25.8. The molecule has 272 valence electrons. The minimum absolute atomic E-state index is 0.233. The van der Waals surface area contributed by atoms with Crippen LogP contribution in [-0.2, 0) is 0 Å². The first-order chi connectivity index (χ1) is 24.3. The lowest BCUT2D eigenvalue weighted by Gasteiger charge is -2.35. The van der Waals surface area contributed by atoms with E-state index in [4.69, 9.17) is 0 Å². The Morgan fingerprint density at radius 2 is 0.827 bits per heavy atom. The topological polar surface area (TPSA) is 23.2 Å². The van der Waals surface area contributed by atoms with Crippen molar-refractivity contribution in [2.24, 2.45) is 0 Å². The highest BCUT2D eigenvalue weighted by Gasteiger charge is 2.65. The van der Waals surface area contributed by atoms with E-state index in [0.29, 0.717) is 38.4 Å². The van der Waals surface area contributed by atoms with Gasteiger partial charge >= 0.3 is 6.28 Å². The molecule has 0 radical (unpaired) electrons. The summed E-state index contributed by atoms with van der Waals surface area (Å²) in [6, 6.07) is 14.8. The van der Waals surface area contributed by atoms with Gasteiger partial charge in [0.1, 0.15) is 30.3 Å². The highest BCUT2D eigenvalue weighted by molar-refractivity contribution is 7.80. The maximum Gasteiger partial charge on any atom is 0.374 e. The predicted molar refractivity (Wildman–Crippen MR) is 181 cm³/mol. The molecule has 0 aliphatic carbocycles. The largest absolute Gasteiger partial charge is 0.374 e. The molecular formula is C38H31BF10NOP. The molecule has 2 nitrogen and oxygen atoms in total. The third-order valence-electron chi connectivity index (χ3n) is 10.3. The molecule has 6 rings (SSSR count). The summed E-state index contributed by atoms with van der Waals surface area (Å²) < 4.78 is 156. The highest BCUT2D eigenvalue weighted by atomic mass is 31.2. The lowest BCUT2D eigenvalue weighted by Crippen LogP contribution is -2.68. The molecule has 0 saturated carbocycles. The first-order valence-corrected chi connectivity index (χ1v) is 18.0. The minimum Gasteiger partial charge on any atom is -0.294 e. The highest BCUT2D eigenvalue weighted by Crippen LogP contribution is 2.69. The van der Waals surface area contributed by atoms with Crippen molar-refractivity contribution >= 4 is 34.9 Å². The number of hydrogen-bond acceptors (Lipinski definition) is 0. The average molecular weight is 749 g/mol. The number of benzene rings is 5. The molecule has 0 spiro atoms. The first kappa shape index (κ1) is 37.4. The second-order valence-electron chi connectivity index (χ2n) is 13.6. The second-order valence-corrected chi connectivity index (χ2v) is 16.9. The van der Waals surface area contributed by atoms with Gasteiger partial charge in [0.25, 0.3) is 0 Å². The molecule has 0 amide bonds. The van der Waals surface area contributed by atoms with Crippen LogP contribution in [0.1, 0.15) is 44.6 Å². The van der Waals surface area contributed by atoms with Gasteiger partial charge in [0.05, 0.1) is 0 Å². The molecule has 1 aliphatic rings. The molecule has 0 fully saturated rings. The lowest BCUT2D eigenvalue weighted by molar-refractivity contribution is -0.661. The van der Waals surface area contributed by atoms with Crippen LogP contribution in [0.3, 0.4) is 0 Å². The Labute approximate surface area is 293 Å². The van der Waals surface area contributed by atoms with Crippen molar-refractivity contribution in [3.63, 3.8) is 0 Å². The van der Waals surface area contributed by atoms with E-state index >= 15 is 35.1 Å². The minimum atomic E-state index is -4.72. The zero-order chi connectivity index (χ0) is 38.4. The third kappa shape index (κ3) is 5.02. The van der Waals surface area contributed by atoms with Gasteiger partial charge in [-0.25, -0.2) is 43.9 Å². The Hall–Kier alpha value is -4.35. The van der Waals surface area contributed by atoms with E-state index in [9.17, 15) is 14.0 Å². The molecule has 0 unspecified atom stereocenters. The zero-order valence-corrected chi connectivity index (χ0v) is 29.6. The van der Waals surface area contributed by atoms with Crippen molar-refractivity contribution in [1.29, 1.82) is 0 Å². The summed E-state index contributed by atoms with van der Waals surface area (Å²) in [6.45, 7) is 10.2. The molecule has 0 aromatic heterocycles. The van der Waals surface area contributed by atoms with Crippen molar-refractivity contribution in [3.8, 4) is 0 Å². The lowest BCUT2D eigenvalue weighted by atomic mass is 9.25. The van der Waals surface area contributed by atoms with E-state index in [1.807, 2.05) is 0 Å². The molecule has 14 heteroatoms. The summed E-state index contributed by atoms with van der Waals surface area (Å²) >= 11 is 0. The summed E-state index contributed by atoms with van der Waals surface area (Å²) in [6.07, 6.45) is -5.77. The van der Waals surface area contributed by atoms with Gasteiger partial charge in [-0.2, -0.15) is 5.21 Å². The van der Waals surface area contributed by atoms with Crippen molar-refractivity contribution in [3.05, 3.63) is 152 Å². The smallest absolute Gasteiger partial charge is 0.294 e. The van der Waals surface area contributed by atoms with E-state index in [2.05, 4.69) is 0 Å². The SMILES string of the molecule is Cc1cc(C)c(P2(c3c(C)cc(C)cc3C)=[N+](O)[B-](c3c(F)c(F)c(F)c(F)c3F)(c3c(F)c(F)c(F)c(F)c3F)C[C@@H]2c2ccccc2)c(C)c1. The Morgan fingerprint density at radius 3 is 1.15 bits per heavy atom. The van der Waals surface area contributed by atoms with Crippen LogP contribution in [0.25, 0.3) is 0 Å². The zero-order valence-electron chi connectivity index (χ0n) is 28.7. The molecule has 5 aromatic rings. The summed E-state index contributed by atoms with van der Waals surface area (Å²) in [5, 5.41) is 13.8. The quantitative estimate of drug-likeness (QED) is 0.0627. The van der Waals surface area contributed by atoms with Crippen LogP contribution in [0.4, 0.5) is 43.9 Å². The Balaban J connectivity index is 2.07. The number of rotatable bonds is 5. The number of hydrogen-bond donors (Lipinski definition) is 1. The summed E-state index contributed by atoms with van der Waals surface area (Å²) in [7, 11) is -4.21. The van der Waals surface area contributed by atoms with Crippen LogP contribution < -0.4 is 21.5 Å². The fourth-order valence-electron chi connectivity index (χ4n) is 8.79. The maximum absolute atomic E-state index is 16.4. The van der Waals surface area contributed by atoms with Crippen LogP contribution in [0.5, 0.6) is 0 Å². The van der Waals surface area contributed by atoms with Gasteiger partial charge in [-0.1, -0.05) is 83.0 Å². The average Bonchev–Trinajstić information content (AvgIpc) is 3.33. The fraction of sp³-hybridized carbons (Fsp3) is 0.211.